The van der Waals surface area contributed by atoms with Crippen LogP contribution in [-0.2, 0) is 11.3 Å². The monoisotopic (exact) mass is 472 g/mol. The zero-order valence-corrected chi connectivity index (χ0v) is 18.5. The standard InChI is InChI=1S/C19H28N4O2.HI/c1-19(2,3)17(24)21-10-11-22-18(20-4)23(5)13-15-12-14-8-6-7-9-16(14)25-15;/h6-9,12H,10-11,13H2,1-5H3,(H,20,22)(H,21,24);1H. The summed E-state index contributed by atoms with van der Waals surface area (Å²) in [4.78, 5) is 18.1. The summed E-state index contributed by atoms with van der Waals surface area (Å²) in [5.41, 5.74) is 0.512. The maximum absolute atomic E-state index is 11.8. The van der Waals surface area contributed by atoms with Gasteiger partial charge in [-0.15, -0.1) is 24.0 Å². The van der Waals surface area contributed by atoms with E-state index in [9.17, 15) is 4.79 Å². The van der Waals surface area contributed by atoms with E-state index in [1.165, 1.54) is 0 Å². The fraction of sp³-hybridized carbons (Fsp3) is 0.474. The SMILES string of the molecule is CN=C(NCCNC(=O)C(C)(C)C)N(C)Cc1cc2ccccc2o1.I. The van der Waals surface area contributed by atoms with Gasteiger partial charge in [-0.2, -0.15) is 0 Å². The average Bonchev–Trinajstić information content (AvgIpc) is 2.95. The van der Waals surface area contributed by atoms with E-state index in [4.69, 9.17) is 4.42 Å². The largest absolute Gasteiger partial charge is 0.459 e. The van der Waals surface area contributed by atoms with Crippen molar-refractivity contribution in [3.63, 3.8) is 0 Å². The lowest BCUT2D eigenvalue weighted by Crippen LogP contribution is -2.43. The van der Waals surface area contributed by atoms with Gasteiger partial charge in [-0.1, -0.05) is 39.0 Å². The molecule has 0 aliphatic heterocycles. The van der Waals surface area contributed by atoms with Gasteiger partial charge in [0, 0.05) is 38.0 Å². The molecule has 0 saturated carbocycles. The van der Waals surface area contributed by atoms with E-state index >= 15 is 0 Å². The first-order chi connectivity index (χ1) is 11.8. The minimum Gasteiger partial charge on any atom is -0.459 e. The van der Waals surface area contributed by atoms with Gasteiger partial charge >= 0.3 is 0 Å². The third-order valence-electron chi connectivity index (χ3n) is 3.82. The first-order valence-corrected chi connectivity index (χ1v) is 8.49. The molecule has 7 heteroatoms. The molecule has 0 unspecified atom stereocenters. The number of aliphatic imine (C=N–C) groups is 1. The number of guanidine groups is 1. The Balaban J connectivity index is 0.00000338. The van der Waals surface area contributed by atoms with Crippen LogP contribution < -0.4 is 10.6 Å². The Morgan fingerprint density at radius 2 is 1.85 bits per heavy atom. The van der Waals surface area contributed by atoms with Crippen molar-refractivity contribution in [2.75, 3.05) is 27.2 Å². The van der Waals surface area contributed by atoms with Gasteiger partial charge in [-0.3, -0.25) is 9.79 Å². The highest BCUT2D eigenvalue weighted by molar-refractivity contribution is 14.0. The van der Waals surface area contributed by atoms with Crippen molar-refractivity contribution in [2.45, 2.75) is 27.3 Å². The molecule has 2 rings (SSSR count). The first-order valence-electron chi connectivity index (χ1n) is 8.49. The molecule has 0 spiro atoms. The van der Waals surface area contributed by atoms with Gasteiger partial charge in [-0.25, -0.2) is 0 Å². The fourth-order valence-electron chi connectivity index (χ4n) is 2.42. The zero-order chi connectivity index (χ0) is 18.4. The molecule has 0 aliphatic carbocycles. The second kappa shape index (κ2) is 9.80. The quantitative estimate of drug-likeness (QED) is 0.304. The minimum absolute atomic E-state index is 0. The number of halogens is 1. The highest BCUT2D eigenvalue weighted by Gasteiger charge is 2.20. The summed E-state index contributed by atoms with van der Waals surface area (Å²) in [5.74, 6) is 1.68. The third kappa shape index (κ3) is 6.19. The van der Waals surface area contributed by atoms with Gasteiger partial charge in [0.2, 0.25) is 5.91 Å². The number of hydrogen-bond donors (Lipinski definition) is 2. The second-order valence-corrected chi connectivity index (χ2v) is 7.09. The summed E-state index contributed by atoms with van der Waals surface area (Å²) in [6.45, 7) is 7.47. The number of benzene rings is 1. The van der Waals surface area contributed by atoms with Crippen LogP contribution in [0.2, 0.25) is 0 Å². The summed E-state index contributed by atoms with van der Waals surface area (Å²) in [7, 11) is 3.70. The summed E-state index contributed by atoms with van der Waals surface area (Å²) < 4.78 is 5.85. The molecule has 0 atom stereocenters. The van der Waals surface area contributed by atoms with Crippen LogP contribution in [0.4, 0.5) is 0 Å². The highest BCUT2D eigenvalue weighted by Crippen LogP contribution is 2.19. The zero-order valence-electron chi connectivity index (χ0n) is 16.1. The smallest absolute Gasteiger partial charge is 0.225 e. The van der Waals surface area contributed by atoms with Crippen molar-refractivity contribution in [1.29, 1.82) is 0 Å². The lowest BCUT2D eigenvalue weighted by Gasteiger charge is -2.22. The van der Waals surface area contributed by atoms with Crippen LogP contribution >= 0.6 is 24.0 Å². The Bertz CT molecular complexity index is 716. The van der Waals surface area contributed by atoms with Crippen molar-refractivity contribution in [1.82, 2.24) is 15.5 Å². The molecule has 6 nitrogen and oxygen atoms in total. The van der Waals surface area contributed by atoms with E-state index in [1.807, 2.05) is 63.1 Å². The molecule has 2 N–H and O–H groups in total. The van der Waals surface area contributed by atoms with Crippen molar-refractivity contribution < 1.29 is 9.21 Å². The fourth-order valence-corrected chi connectivity index (χ4v) is 2.42. The number of furan rings is 1. The van der Waals surface area contributed by atoms with E-state index in [-0.39, 0.29) is 35.3 Å². The number of para-hydroxylation sites is 1. The molecule has 1 amide bonds. The van der Waals surface area contributed by atoms with Crippen molar-refractivity contribution >= 4 is 46.8 Å². The number of nitrogens with zero attached hydrogens (tertiary/aromatic N) is 2. The third-order valence-corrected chi connectivity index (χ3v) is 3.82. The van der Waals surface area contributed by atoms with Gasteiger partial charge in [0.1, 0.15) is 11.3 Å². The lowest BCUT2D eigenvalue weighted by atomic mass is 9.96. The summed E-state index contributed by atoms with van der Waals surface area (Å²) >= 11 is 0. The molecule has 26 heavy (non-hydrogen) atoms. The first kappa shape index (κ1) is 22.3. The number of amides is 1. The maximum Gasteiger partial charge on any atom is 0.225 e. The molecule has 0 aliphatic rings. The van der Waals surface area contributed by atoms with Gasteiger partial charge in [0.15, 0.2) is 5.96 Å². The molecule has 1 heterocycles. The Hall–Kier alpha value is -1.77. The van der Waals surface area contributed by atoms with Gasteiger partial charge in [-0.05, 0) is 12.1 Å². The van der Waals surface area contributed by atoms with Gasteiger partial charge in [0.05, 0.1) is 6.54 Å². The Morgan fingerprint density at radius 1 is 1.19 bits per heavy atom. The number of hydrogen-bond acceptors (Lipinski definition) is 3. The van der Waals surface area contributed by atoms with Crippen molar-refractivity contribution in [3.05, 3.63) is 36.1 Å². The van der Waals surface area contributed by atoms with Gasteiger partial charge < -0.3 is 20.0 Å². The normalized spacial score (nSPS) is 11.8. The number of fused-ring (bicyclic) bond motifs is 1. The van der Waals surface area contributed by atoms with E-state index in [1.54, 1.807) is 7.05 Å². The molecule has 2 aromatic rings. The van der Waals surface area contributed by atoms with E-state index in [0.29, 0.717) is 19.6 Å². The van der Waals surface area contributed by atoms with Crippen LogP contribution in [0.1, 0.15) is 26.5 Å². The van der Waals surface area contributed by atoms with Crippen LogP contribution in [0.3, 0.4) is 0 Å². The molecule has 0 saturated heterocycles. The Kier molecular flexibility index (Phi) is 8.39. The molecular weight excluding hydrogens is 443 g/mol. The van der Waals surface area contributed by atoms with E-state index in [2.05, 4.69) is 15.6 Å². The summed E-state index contributed by atoms with van der Waals surface area (Å²) in [6.07, 6.45) is 0. The van der Waals surface area contributed by atoms with Crippen molar-refractivity contribution in [3.8, 4) is 0 Å². The molecule has 1 aromatic heterocycles. The predicted octanol–water partition coefficient (Wildman–Crippen LogP) is 3.22. The number of carbonyl (C=O) groups is 1. The van der Waals surface area contributed by atoms with Gasteiger partial charge in [0.25, 0.3) is 0 Å². The molecule has 144 valence electrons. The van der Waals surface area contributed by atoms with Crippen LogP contribution in [0.5, 0.6) is 0 Å². The molecule has 1 aromatic carbocycles. The maximum atomic E-state index is 11.8. The number of carbonyl (C=O) groups excluding carboxylic acids is 1. The predicted molar refractivity (Wildman–Crippen MR) is 117 cm³/mol. The molecule has 0 bridgehead atoms. The highest BCUT2D eigenvalue weighted by atomic mass is 127. The van der Waals surface area contributed by atoms with Crippen molar-refractivity contribution in [2.24, 2.45) is 10.4 Å². The average molecular weight is 472 g/mol. The van der Waals surface area contributed by atoms with Crippen LogP contribution in [0.15, 0.2) is 39.7 Å². The number of nitrogens with one attached hydrogen (secondary N) is 2. The minimum atomic E-state index is -0.375. The Morgan fingerprint density at radius 3 is 2.46 bits per heavy atom. The molecule has 0 fully saturated rings. The van der Waals surface area contributed by atoms with Crippen LogP contribution in [-0.4, -0.2) is 44.0 Å². The summed E-state index contributed by atoms with van der Waals surface area (Å²) in [6, 6.07) is 10.0. The number of rotatable bonds is 5. The van der Waals surface area contributed by atoms with E-state index in [0.717, 1.165) is 22.7 Å². The van der Waals surface area contributed by atoms with Crippen LogP contribution in [0, 0.1) is 5.41 Å². The molecular formula is C19H29IN4O2. The van der Waals surface area contributed by atoms with Crippen LogP contribution in [0.25, 0.3) is 11.0 Å². The van der Waals surface area contributed by atoms with E-state index < -0.39 is 0 Å². The Labute approximate surface area is 172 Å². The topological polar surface area (TPSA) is 69.9 Å². The molecule has 0 radical (unpaired) electrons. The lowest BCUT2D eigenvalue weighted by molar-refractivity contribution is -0.128. The second-order valence-electron chi connectivity index (χ2n) is 7.09. The summed E-state index contributed by atoms with van der Waals surface area (Å²) in [5, 5.41) is 7.26.